The SMILES string of the molecule is COc1ccc(C(=O)Nc2ccc(Cl)cn2)c(NC(=O)c2ccc(C(C)(C)C)cc2)c1. The third kappa shape index (κ3) is 5.61. The monoisotopic (exact) mass is 437 g/mol. The number of carbonyl (C=O) groups excluding carboxylic acids is 2. The summed E-state index contributed by atoms with van der Waals surface area (Å²) >= 11 is 5.84. The molecule has 6 nitrogen and oxygen atoms in total. The van der Waals surface area contributed by atoms with Gasteiger partial charge in [-0.25, -0.2) is 4.98 Å². The van der Waals surface area contributed by atoms with Gasteiger partial charge >= 0.3 is 0 Å². The van der Waals surface area contributed by atoms with E-state index in [9.17, 15) is 9.59 Å². The molecule has 1 heterocycles. The predicted octanol–water partition coefficient (Wildman–Crippen LogP) is 5.55. The van der Waals surface area contributed by atoms with Crippen LogP contribution in [0.3, 0.4) is 0 Å². The Hall–Kier alpha value is -3.38. The van der Waals surface area contributed by atoms with Crippen LogP contribution >= 0.6 is 11.6 Å². The zero-order valence-electron chi connectivity index (χ0n) is 17.8. The minimum absolute atomic E-state index is 0.0111. The minimum Gasteiger partial charge on any atom is -0.497 e. The fraction of sp³-hybridized carbons (Fsp3) is 0.208. The van der Waals surface area contributed by atoms with Crippen LogP contribution in [-0.2, 0) is 5.41 Å². The first kappa shape index (κ1) is 22.3. The van der Waals surface area contributed by atoms with Crippen molar-refractivity contribution in [2.45, 2.75) is 26.2 Å². The first-order valence-corrected chi connectivity index (χ1v) is 10.1. The van der Waals surface area contributed by atoms with Gasteiger partial charge in [-0.05, 0) is 47.4 Å². The van der Waals surface area contributed by atoms with E-state index >= 15 is 0 Å². The summed E-state index contributed by atoms with van der Waals surface area (Å²) in [6.45, 7) is 6.33. The van der Waals surface area contributed by atoms with E-state index in [-0.39, 0.29) is 16.9 Å². The second kappa shape index (κ2) is 9.18. The molecular formula is C24H24ClN3O3. The molecule has 2 amide bonds. The first-order chi connectivity index (χ1) is 14.7. The summed E-state index contributed by atoms with van der Waals surface area (Å²) in [5.41, 5.74) is 2.21. The molecule has 31 heavy (non-hydrogen) atoms. The Labute approximate surface area is 186 Å². The highest BCUT2D eigenvalue weighted by Crippen LogP contribution is 2.26. The van der Waals surface area contributed by atoms with Crippen molar-refractivity contribution in [1.82, 2.24) is 4.98 Å². The number of pyridine rings is 1. The van der Waals surface area contributed by atoms with Crippen molar-refractivity contribution in [3.8, 4) is 5.75 Å². The molecule has 2 N–H and O–H groups in total. The summed E-state index contributed by atoms with van der Waals surface area (Å²) < 4.78 is 5.25. The highest BCUT2D eigenvalue weighted by molar-refractivity contribution is 6.30. The third-order valence-corrected chi connectivity index (χ3v) is 4.93. The van der Waals surface area contributed by atoms with Crippen LogP contribution in [0.5, 0.6) is 5.75 Å². The van der Waals surface area contributed by atoms with Crippen molar-refractivity contribution >= 4 is 34.9 Å². The highest BCUT2D eigenvalue weighted by atomic mass is 35.5. The van der Waals surface area contributed by atoms with Gasteiger partial charge in [0.05, 0.1) is 23.4 Å². The maximum atomic E-state index is 12.8. The van der Waals surface area contributed by atoms with Crippen LogP contribution in [0.1, 0.15) is 47.1 Å². The van der Waals surface area contributed by atoms with E-state index in [2.05, 4.69) is 36.4 Å². The number of nitrogens with one attached hydrogen (secondary N) is 2. The largest absolute Gasteiger partial charge is 0.497 e. The number of aromatic nitrogens is 1. The van der Waals surface area contributed by atoms with Crippen LogP contribution in [0.25, 0.3) is 0 Å². The highest BCUT2D eigenvalue weighted by Gasteiger charge is 2.18. The molecule has 0 atom stereocenters. The molecule has 160 valence electrons. The van der Waals surface area contributed by atoms with Gasteiger partial charge in [0, 0.05) is 17.8 Å². The molecule has 0 unspecified atom stereocenters. The van der Waals surface area contributed by atoms with Crippen LogP contribution in [0, 0.1) is 0 Å². The average molecular weight is 438 g/mol. The predicted molar refractivity (Wildman–Crippen MR) is 123 cm³/mol. The summed E-state index contributed by atoms with van der Waals surface area (Å²) in [5.74, 6) is 0.114. The molecule has 0 radical (unpaired) electrons. The lowest BCUT2D eigenvalue weighted by atomic mass is 9.86. The van der Waals surface area contributed by atoms with Crippen molar-refractivity contribution < 1.29 is 14.3 Å². The van der Waals surface area contributed by atoms with Crippen LogP contribution in [-0.4, -0.2) is 23.9 Å². The number of halogens is 1. The molecule has 0 saturated heterocycles. The van der Waals surface area contributed by atoms with Crippen molar-refractivity contribution in [2.75, 3.05) is 17.7 Å². The lowest BCUT2D eigenvalue weighted by Gasteiger charge is -2.19. The lowest BCUT2D eigenvalue weighted by Crippen LogP contribution is -2.19. The van der Waals surface area contributed by atoms with Gasteiger partial charge in [0.2, 0.25) is 0 Å². The van der Waals surface area contributed by atoms with E-state index < -0.39 is 5.91 Å². The number of hydrogen-bond acceptors (Lipinski definition) is 4. The van der Waals surface area contributed by atoms with Gasteiger partial charge in [-0.3, -0.25) is 9.59 Å². The molecule has 0 fully saturated rings. The van der Waals surface area contributed by atoms with Gasteiger partial charge in [-0.1, -0.05) is 44.5 Å². The number of benzene rings is 2. The smallest absolute Gasteiger partial charge is 0.258 e. The summed E-state index contributed by atoms with van der Waals surface area (Å²) in [6.07, 6.45) is 1.44. The Balaban J connectivity index is 1.84. The molecule has 7 heteroatoms. The first-order valence-electron chi connectivity index (χ1n) is 9.70. The molecule has 0 saturated carbocycles. The fourth-order valence-corrected chi connectivity index (χ4v) is 3.01. The normalized spacial score (nSPS) is 11.0. The van der Waals surface area contributed by atoms with Gasteiger partial charge in [-0.2, -0.15) is 0 Å². The number of hydrogen-bond donors (Lipinski definition) is 2. The van der Waals surface area contributed by atoms with E-state index in [4.69, 9.17) is 16.3 Å². The Morgan fingerprint density at radius 1 is 0.935 bits per heavy atom. The average Bonchev–Trinajstić information content (AvgIpc) is 2.74. The zero-order chi connectivity index (χ0) is 22.6. The molecule has 0 aliphatic rings. The van der Waals surface area contributed by atoms with Crippen molar-refractivity contribution in [3.63, 3.8) is 0 Å². The number of methoxy groups -OCH3 is 1. The van der Waals surface area contributed by atoms with Gasteiger partial charge in [-0.15, -0.1) is 0 Å². The van der Waals surface area contributed by atoms with Crippen molar-refractivity contribution in [1.29, 1.82) is 0 Å². The van der Waals surface area contributed by atoms with Gasteiger partial charge < -0.3 is 15.4 Å². The molecule has 0 aliphatic carbocycles. The van der Waals surface area contributed by atoms with E-state index in [1.807, 2.05) is 12.1 Å². The van der Waals surface area contributed by atoms with Crippen molar-refractivity contribution in [3.05, 3.63) is 82.5 Å². The van der Waals surface area contributed by atoms with Gasteiger partial charge in [0.25, 0.3) is 11.8 Å². The molecule has 0 aliphatic heterocycles. The van der Waals surface area contributed by atoms with E-state index in [0.717, 1.165) is 5.56 Å². The molecule has 0 spiro atoms. The molecule has 3 aromatic rings. The van der Waals surface area contributed by atoms with Crippen LogP contribution < -0.4 is 15.4 Å². The van der Waals surface area contributed by atoms with Crippen molar-refractivity contribution in [2.24, 2.45) is 0 Å². The topological polar surface area (TPSA) is 80.3 Å². The Morgan fingerprint density at radius 2 is 1.65 bits per heavy atom. The fourth-order valence-electron chi connectivity index (χ4n) is 2.90. The number of ether oxygens (including phenoxy) is 1. The maximum absolute atomic E-state index is 12.8. The molecule has 0 bridgehead atoms. The van der Waals surface area contributed by atoms with Crippen LogP contribution in [0.15, 0.2) is 60.8 Å². The van der Waals surface area contributed by atoms with E-state index in [1.54, 1.807) is 42.5 Å². The van der Waals surface area contributed by atoms with Gasteiger partial charge in [0.15, 0.2) is 0 Å². The van der Waals surface area contributed by atoms with E-state index in [0.29, 0.717) is 27.8 Å². The number of nitrogens with zero attached hydrogens (tertiary/aromatic N) is 1. The second-order valence-electron chi connectivity index (χ2n) is 8.01. The zero-order valence-corrected chi connectivity index (χ0v) is 18.6. The summed E-state index contributed by atoms with van der Waals surface area (Å²) in [7, 11) is 1.52. The number of amides is 2. The number of carbonyl (C=O) groups is 2. The Bertz CT molecular complexity index is 1090. The summed E-state index contributed by atoms with van der Waals surface area (Å²) in [6, 6.07) is 15.5. The van der Waals surface area contributed by atoms with E-state index in [1.165, 1.54) is 13.3 Å². The Kier molecular flexibility index (Phi) is 6.61. The minimum atomic E-state index is -0.421. The quantitative estimate of drug-likeness (QED) is 0.548. The van der Waals surface area contributed by atoms with Crippen LogP contribution in [0.2, 0.25) is 5.02 Å². The summed E-state index contributed by atoms with van der Waals surface area (Å²) in [4.78, 5) is 29.7. The lowest BCUT2D eigenvalue weighted by molar-refractivity contribution is 0.102. The van der Waals surface area contributed by atoms with Gasteiger partial charge in [0.1, 0.15) is 11.6 Å². The molecule has 1 aromatic heterocycles. The Morgan fingerprint density at radius 3 is 2.23 bits per heavy atom. The number of rotatable bonds is 5. The summed E-state index contributed by atoms with van der Waals surface area (Å²) in [5, 5.41) is 5.98. The molecule has 2 aromatic carbocycles. The second-order valence-corrected chi connectivity index (χ2v) is 8.45. The molecular weight excluding hydrogens is 414 g/mol. The standard InChI is InChI=1S/C24H24ClN3O3/c1-24(2,3)16-7-5-15(6-8-16)22(29)27-20-13-18(31-4)10-11-19(20)23(30)28-21-12-9-17(25)14-26-21/h5-14H,1-4H3,(H,27,29)(H,26,28,30). The number of anilines is 2. The third-order valence-electron chi connectivity index (χ3n) is 4.70. The van der Waals surface area contributed by atoms with Crippen LogP contribution in [0.4, 0.5) is 11.5 Å². The molecule has 3 rings (SSSR count). The maximum Gasteiger partial charge on any atom is 0.258 e.